The summed E-state index contributed by atoms with van der Waals surface area (Å²) in [6.45, 7) is 2.78. The van der Waals surface area contributed by atoms with Gasteiger partial charge in [0.05, 0.1) is 16.8 Å². The Morgan fingerprint density at radius 1 is 0.933 bits per heavy atom. The predicted molar refractivity (Wildman–Crippen MR) is 116 cm³/mol. The van der Waals surface area contributed by atoms with Gasteiger partial charge in [0.25, 0.3) is 10.0 Å². The molecule has 1 fully saturated rings. The van der Waals surface area contributed by atoms with Gasteiger partial charge in [-0.1, -0.05) is 18.2 Å². The topological polar surface area (TPSA) is 84.0 Å². The van der Waals surface area contributed by atoms with Crippen LogP contribution in [0.5, 0.6) is 5.75 Å². The number of rotatable bonds is 5. The van der Waals surface area contributed by atoms with E-state index in [0.717, 1.165) is 11.3 Å². The quantitative estimate of drug-likeness (QED) is 0.699. The van der Waals surface area contributed by atoms with Gasteiger partial charge < -0.3 is 4.74 Å². The Balaban J connectivity index is 1.46. The molecule has 2 aromatic rings. The average molecular weight is 451 g/mol. The van der Waals surface area contributed by atoms with Gasteiger partial charge in [-0.2, -0.15) is 0 Å². The first-order valence-corrected chi connectivity index (χ1v) is 13.3. The van der Waals surface area contributed by atoms with Crippen LogP contribution in [-0.2, 0) is 26.5 Å². The van der Waals surface area contributed by atoms with E-state index >= 15 is 0 Å². The van der Waals surface area contributed by atoms with Gasteiger partial charge in [-0.3, -0.25) is 4.31 Å². The van der Waals surface area contributed by atoms with Crippen LogP contribution in [0.15, 0.2) is 53.4 Å². The SMILES string of the molecule is CC1Cc2ccccc2N1S(=O)(=O)c1ccc(OC2CCN(S(C)(=O)=O)CC2)cc1. The highest BCUT2D eigenvalue weighted by atomic mass is 32.2. The van der Waals surface area contributed by atoms with Crippen molar-refractivity contribution in [3.63, 3.8) is 0 Å². The third-order valence-electron chi connectivity index (χ3n) is 5.70. The summed E-state index contributed by atoms with van der Waals surface area (Å²) in [7, 11) is -6.84. The van der Waals surface area contributed by atoms with Crippen LogP contribution >= 0.6 is 0 Å². The maximum Gasteiger partial charge on any atom is 0.264 e. The van der Waals surface area contributed by atoms with Crippen LogP contribution in [0, 0.1) is 0 Å². The first-order valence-electron chi connectivity index (χ1n) is 10.0. The first-order chi connectivity index (χ1) is 14.2. The molecule has 1 atom stereocenters. The Kier molecular flexibility index (Phi) is 5.54. The fraction of sp³-hybridized carbons (Fsp3) is 0.429. The summed E-state index contributed by atoms with van der Waals surface area (Å²) < 4.78 is 58.7. The number of piperidine rings is 1. The molecule has 2 aliphatic heterocycles. The van der Waals surface area contributed by atoms with Crippen LogP contribution in [0.25, 0.3) is 0 Å². The number of para-hydroxylation sites is 1. The van der Waals surface area contributed by atoms with E-state index in [0.29, 0.717) is 38.1 Å². The molecule has 0 N–H and O–H groups in total. The second kappa shape index (κ2) is 7.86. The third kappa shape index (κ3) is 4.06. The van der Waals surface area contributed by atoms with E-state index in [1.54, 1.807) is 24.3 Å². The first kappa shape index (κ1) is 21.1. The second-order valence-corrected chi connectivity index (χ2v) is 11.7. The highest BCUT2D eigenvalue weighted by molar-refractivity contribution is 7.93. The Hall–Kier alpha value is -2.10. The zero-order chi connectivity index (χ0) is 21.5. The van der Waals surface area contributed by atoms with E-state index in [-0.39, 0.29) is 17.0 Å². The van der Waals surface area contributed by atoms with Crippen molar-refractivity contribution in [3.8, 4) is 5.75 Å². The molecule has 7 nitrogen and oxygen atoms in total. The molecule has 2 aromatic carbocycles. The Bertz CT molecular complexity index is 1120. The molecule has 0 spiro atoms. The molecule has 4 rings (SSSR count). The monoisotopic (exact) mass is 450 g/mol. The van der Waals surface area contributed by atoms with Crippen molar-refractivity contribution in [2.24, 2.45) is 0 Å². The van der Waals surface area contributed by atoms with Gasteiger partial charge in [0.2, 0.25) is 10.0 Å². The molecule has 1 saturated heterocycles. The lowest BCUT2D eigenvalue weighted by molar-refractivity contribution is 0.135. The molecule has 0 saturated carbocycles. The van der Waals surface area contributed by atoms with Crippen molar-refractivity contribution >= 4 is 25.7 Å². The van der Waals surface area contributed by atoms with E-state index in [4.69, 9.17) is 4.74 Å². The molecule has 2 heterocycles. The van der Waals surface area contributed by atoms with Gasteiger partial charge in [0, 0.05) is 19.1 Å². The van der Waals surface area contributed by atoms with Crippen molar-refractivity contribution in [2.75, 3.05) is 23.7 Å². The molecular formula is C21H26N2O5S2. The van der Waals surface area contributed by atoms with E-state index in [1.807, 2.05) is 31.2 Å². The number of anilines is 1. The normalized spacial score (nSPS) is 20.9. The molecule has 0 amide bonds. The fourth-order valence-corrected chi connectivity index (χ4v) is 6.75. The molecule has 2 aliphatic rings. The molecular weight excluding hydrogens is 424 g/mol. The largest absolute Gasteiger partial charge is 0.490 e. The summed E-state index contributed by atoms with van der Waals surface area (Å²) >= 11 is 0. The van der Waals surface area contributed by atoms with Crippen LogP contribution in [0.3, 0.4) is 0 Å². The molecule has 1 unspecified atom stereocenters. The van der Waals surface area contributed by atoms with Crippen molar-refractivity contribution in [2.45, 2.75) is 43.2 Å². The van der Waals surface area contributed by atoms with Gasteiger partial charge >= 0.3 is 0 Å². The number of hydrogen-bond acceptors (Lipinski definition) is 5. The minimum Gasteiger partial charge on any atom is -0.490 e. The zero-order valence-corrected chi connectivity index (χ0v) is 18.7. The Morgan fingerprint density at radius 2 is 1.57 bits per heavy atom. The lowest BCUT2D eigenvalue weighted by Gasteiger charge is -2.30. The minimum absolute atomic E-state index is 0.0871. The molecule has 0 bridgehead atoms. The van der Waals surface area contributed by atoms with Crippen molar-refractivity contribution in [1.29, 1.82) is 0 Å². The lowest BCUT2D eigenvalue weighted by Crippen LogP contribution is -2.41. The standard InChI is InChI=1S/C21H26N2O5S2/c1-16-15-17-5-3-4-6-21(17)23(16)30(26,27)20-9-7-18(8-10-20)28-19-11-13-22(14-12-19)29(2,24)25/h3-10,16,19H,11-15H2,1-2H3. The third-order valence-corrected chi connectivity index (χ3v) is 8.94. The van der Waals surface area contributed by atoms with E-state index in [9.17, 15) is 16.8 Å². The average Bonchev–Trinajstić information content (AvgIpc) is 3.04. The van der Waals surface area contributed by atoms with Gasteiger partial charge in [-0.15, -0.1) is 0 Å². The van der Waals surface area contributed by atoms with Gasteiger partial charge in [0.15, 0.2) is 0 Å². The van der Waals surface area contributed by atoms with Gasteiger partial charge in [-0.05, 0) is 62.1 Å². The zero-order valence-electron chi connectivity index (χ0n) is 17.1. The predicted octanol–water partition coefficient (Wildman–Crippen LogP) is 2.63. The molecule has 162 valence electrons. The van der Waals surface area contributed by atoms with E-state index in [2.05, 4.69) is 0 Å². The number of ether oxygens (including phenoxy) is 1. The smallest absolute Gasteiger partial charge is 0.264 e. The van der Waals surface area contributed by atoms with Crippen LogP contribution in [-0.4, -0.2) is 52.6 Å². The van der Waals surface area contributed by atoms with Gasteiger partial charge in [0.1, 0.15) is 11.9 Å². The minimum atomic E-state index is -3.67. The summed E-state index contributed by atoms with van der Waals surface area (Å²) in [6.07, 6.45) is 3.04. The van der Waals surface area contributed by atoms with Crippen LogP contribution < -0.4 is 9.04 Å². The second-order valence-electron chi connectivity index (χ2n) is 7.93. The van der Waals surface area contributed by atoms with E-state index in [1.165, 1.54) is 14.9 Å². The van der Waals surface area contributed by atoms with Crippen molar-refractivity contribution in [3.05, 3.63) is 54.1 Å². The molecule has 0 aromatic heterocycles. The summed E-state index contributed by atoms with van der Waals surface area (Å²) in [4.78, 5) is 0.227. The highest BCUT2D eigenvalue weighted by Crippen LogP contribution is 2.36. The number of hydrogen-bond donors (Lipinski definition) is 0. The highest BCUT2D eigenvalue weighted by Gasteiger charge is 2.35. The summed E-state index contributed by atoms with van der Waals surface area (Å²) in [6, 6.07) is 13.9. The Labute approximate surface area is 178 Å². The number of nitrogens with zero attached hydrogens (tertiary/aromatic N) is 2. The number of benzene rings is 2. The van der Waals surface area contributed by atoms with Crippen LogP contribution in [0.4, 0.5) is 5.69 Å². The summed E-state index contributed by atoms with van der Waals surface area (Å²) in [5.74, 6) is 0.585. The molecule has 30 heavy (non-hydrogen) atoms. The maximum absolute atomic E-state index is 13.3. The Morgan fingerprint density at radius 3 is 2.20 bits per heavy atom. The number of fused-ring (bicyclic) bond motifs is 1. The molecule has 0 radical (unpaired) electrons. The van der Waals surface area contributed by atoms with E-state index < -0.39 is 20.0 Å². The summed E-state index contributed by atoms with van der Waals surface area (Å²) in [5.41, 5.74) is 1.77. The molecule has 9 heteroatoms. The van der Waals surface area contributed by atoms with Crippen LogP contribution in [0.2, 0.25) is 0 Å². The van der Waals surface area contributed by atoms with Crippen molar-refractivity contribution < 1.29 is 21.6 Å². The van der Waals surface area contributed by atoms with Crippen LogP contribution in [0.1, 0.15) is 25.3 Å². The number of sulfonamides is 2. The van der Waals surface area contributed by atoms with Gasteiger partial charge in [-0.25, -0.2) is 21.1 Å². The van der Waals surface area contributed by atoms with Crippen molar-refractivity contribution in [1.82, 2.24) is 4.31 Å². The lowest BCUT2D eigenvalue weighted by atomic mass is 10.1. The maximum atomic E-state index is 13.3. The molecule has 0 aliphatic carbocycles. The fourth-order valence-electron chi connectivity index (χ4n) is 4.18. The summed E-state index contributed by atoms with van der Waals surface area (Å²) in [5, 5.41) is 0.